The fourth-order valence-corrected chi connectivity index (χ4v) is 2.73. The molecule has 1 unspecified atom stereocenters. The normalized spacial score (nSPS) is 13.0. The Morgan fingerprint density at radius 1 is 1.31 bits per heavy atom. The molecular formula is C12H22N2OS. The molecule has 92 valence electrons. The molecule has 0 saturated carbocycles. The van der Waals surface area contributed by atoms with Crippen molar-refractivity contribution >= 4 is 11.3 Å². The van der Waals surface area contributed by atoms with Gasteiger partial charge in [0.1, 0.15) is 0 Å². The fraction of sp³-hybridized carbons (Fsp3) is 0.750. The van der Waals surface area contributed by atoms with Crippen molar-refractivity contribution < 1.29 is 5.11 Å². The van der Waals surface area contributed by atoms with Crippen LogP contribution in [-0.4, -0.2) is 23.2 Å². The Morgan fingerprint density at radius 2 is 2.06 bits per heavy atom. The second kappa shape index (κ2) is 6.99. The number of thiazole rings is 1. The van der Waals surface area contributed by atoms with Gasteiger partial charge in [0.15, 0.2) is 0 Å². The summed E-state index contributed by atoms with van der Waals surface area (Å²) in [6.07, 6.45) is 3.13. The monoisotopic (exact) mass is 242 g/mol. The minimum Gasteiger partial charge on any atom is -0.396 e. The highest BCUT2D eigenvalue weighted by Gasteiger charge is 2.11. The van der Waals surface area contributed by atoms with Gasteiger partial charge in [-0.3, -0.25) is 0 Å². The molecule has 1 atom stereocenters. The van der Waals surface area contributed by atoms with Crippen LogP contribution in [-0.2, 0) is 0 Å². The zero-order valence-corrected chi connectivity index (χ0v) is 11.2. The average Bonchev–Trinajstić information content (AvgIpc) is 2.57. The van der Waals surface area contributed by atoms with E-state index in [4.69, 9.17) is 5.11 Å². The molecule has 0 aliphatic heterocycles. The van der Waals surface area contributed by atoms with Crippen LogP contribution in [0.2, 0.25) is 0 Å². The number of nitrogens with one attached hydrogen (secondary N) is 1. The van der Waals surface area contributed by atoms with Gasteiger partial charge in [0.2, 0.25) is 0 Å². The van der Waals surface area contributed by atoms with Crippen molar-refractivity contribution in [3.8, 4) is 0 Å². The summed E-state index contributed by atoms with van der Waals surface area (Å²) >= 11 is 1.78. The molecule has 0 saturated heterocycles. The largest absolute Gasteiger partial charge is 0.396 e. The number of aliphatic hydroxyl groups is 1. The SMILES string of the molecule is Cc1nc(C)c(C(C)NCCCCCO)s1. The second-order valence-electron chi connectivity index (χ2n) is 4.14. The third kappa shape index (κ3) is 4.20. The highest BCUT2D eigenvalue weighted by molar-refractivity contribution is 7.11. The van der Waals surface area contributed by atoms with E-state index in [0.29, 0.717) is 12.6 Å². The van der Waals surface area contributed by atoms with Crippen molar-refractivity contribution in [1.29, 1.82) is 0 Å². The van der Waals surface area contributed by atoms with Gasteiger partial charge in [0.05, 0.1) is 10.7 Å². The zero-order chi connectivity index (χ0) is 12.0. The minimum absolute atomic E-state index is 0.308. The Labute approximate surface area is 102 Å². The average molecular weight is 242 g/mol. The zero-order valence-electron chi connectivity index (χ0n) is 10.4. The summed E-state index contributed by atoms with van der Waals surface area (Å²) in [6.45, 7) is 7.63. The molecule has 16 heavy (non-hydrogen) atoms. The first-order valence-corrected chi connectivity index (χ1v) is 6.75. The van der Waals surface area contributed by atoms with Crippen molar-refractivity contribution in [2.24, 2.45) is 0 Å². The lowest BCUT2D eigenvalue weighted by Crippen LogP contribution is -2.19. The molecule has 0 aliphatic rings. The van der Waals surface area contributed by atoms with Crippen molar-refractivity contribution in [2.75, 3.05) is 13.2 Å². The lowest BCUT2D eigenvalue weighted by Gasteiger charge is -2.12. The van der Waals surface area contributed by atoms with Gasteiger partial charge in [0.25, 0.3) is 0 Å². The summed E-state index contributed by atoms with van der Waals surface area (Å²) in [5, 5.41) is 13.3. The summed E-state index contributed by atoms with van der Waals surface area (Å²) in [7, 11) is 0. The number of unbranched alkanes of at least 4 members (excludes halogenated alkanes) is 2. The van der Waals surface area contributed by atoms with Crippen LogP contribution in [0.4, 0.5) is 0 Å². The van der Waals surface area contributed by atoms with Crippen LogP contribution in [0.15, 0.2) is 0 Å². The van der Waals surface area contributed by atoms with Gasteiger partial charge in [-0.05, 0) is 46.6 Å². The number of aromatic nitrogens is 1. The van der Waals surface area contributed by atoms with E-state index in [2.05, 4.69) is 31.1 Å². The summed E-state index contributed by atoms with van der Waals surface area (Å²) in [6, 6.07) is 0.389. The van der Waals surface area contributed by atoms with Gasteiger partial charge in [-0.15, -0.1) is 11.3 Å². The van der Waals surface area contributed by atoms with Crippen LogP contribution < -0.4 is 5.32 Å². The third-order valence-electron chi connectivity index (χ3n) is 2.62. The van der Waals surface area contributed by atoms with E-state index in [1.54, 1.807) is 11.3 Å². The molecule has 1 aromatic heterocycles. The fourth-order valence-electron chi connectivity index (χ4n) is 1.77. The Bertz CT molecular complexity index is 312. The van der Waals surface area contributed by atoms with Crippen LogP contribution >= 0.6 is 11.3 Å². The maximum atomic E-state index is 8.66. The Hall–Kier alpha value is -0.450. The van der Waals surface area contributed by atoms with Crippen molar-refractivity contribution in [1.82, 2.24) is 10.3 Å². The van der Waals surface area contributed by atoms with Crippen LogP contribution in [0, 0.1) is 13.8 Å². The molecule has 1 aromatic rings. The van der Waals surface area contributed by atoms with E-state index in [0.717, 1.165) is 36.5 Å². The number of aryl methyl sites for hydroxylation is 2. The molecule has 0 fully saturated rings. The lowest BCUT2D eigenvalue weighted by molar-refractivity contribution is 0.282. The van der Waals surface area contributed by atoms with E-state index < -0.39 is 0 Å². The first-order valence-electron chi connectivity index (χ1n) is 5.93. The molecule has 1 rings (SSSR count). The number of hydrogen-bond acceptors (Lipinski definition) is 4. The molecule has 0 spiro atoms. The van der Waals surface area contributed by atoms with Gasteiger partial charge >= 0.3 is 0 Å². The van der Waals surface area contributed by atoms with Crippen molar-refractivity contribution in [2.45, 2.75) is 46.1 Å². The van der Waals surface area contributed by atoms with Gasteiger partial charge in [-0.2, -0.15) is 0 Å². The molecule has 0 bridgehead atoms. The molecule has 1 heterocycles. The molecule has 0 amide bonds. The first kappa shape index (κ1) is 13.6. The molecule has 4 heteroatoms. The van der Waals surface area contributed by atoms with E-state index in [1.165, 1.54) is 4.88 Å². The van der Waals surface area contributed by atoms with Gasteiger partial charge < -0.3 is 10.4 Å². The summed E-state index contributed by atoms with van der Waals surface area (Å²) < 4.78 is 0. The highest BCUT2D eigenvalue weighted by Crippen LogP contribution is 2.24. The lowest BCUT2D eigenvalue weighted by atomic mass is 10.2. The molecule has 0 aliphatic carbocycles. The first-order chi connectivity index (χ1) is 7.65. The minimum atomic E-state index is 0.308. The molecule has 2 N–H and O–H groups in total. The maximum absolute atomic E-state index is 8.66. The van der Waals surface area contributed by atoms with E-state index in [-0.39, 0.29) is 0 Å². The summed E-state index contributed by atoms with van der Waals surface area (Å²) in [5.74, 6) is 0. The Balaban J connectivity index is 2.29. The predicted octanol–water partition coefficient (Wildman–Crippen LogP) is 2.57. The predicted molar refractivity (Wildman–Crippen MR) is 68.9 cm³/mol. The number of aliphatic hydroxyl groups excluding tert-OH is 1. The van der Waals surface area contributed by atoms with E-state index in [9.17, 15) is 0 Å². The molecule has 0 radical (unpaired) electrons. The summed E-state index contributed by atoms with van der Waals surface area (Å²) in [4.78, 5) is 5.78. The number of nitrogens with zero attached hydrogens (tertiary/aromatic N) is 1. The second-order valence-corrected chi connectivity index (χ2v) is 5.38. The number of rotatable bonds is 7. The van der Waals surface area contributed by atoms with E-state index in [1.807, 2.05) is 0 Å². The molecular weight excluding hydrogens is 220 g/mol. The van der Waals surface area contributed by atoms with Crippen LogP contribution in [0.1, 0.15) is 47.8 Å². The standard InChI is InChI=1S/C12H22N2OS/c1-9(13-7-5-4-6-8-15)12-10(2)14-11(3)16-12/h9,13,15H,4-8H2,1-3H3. The van der Waals surface area contributed by atoms with Crippen molar-refractivity contribution in [3.05, 3.63) is 15.6 Å². The third-order valence-corrected chi connectivity index (χ3v) is 3.87. The quantitative estimate of drug-likeness (QED) is 0.722. The van der Waals surface area contributed by atoms with Crippen LogP contribution in [0.25, 0.3) is 0 Å². The topological polar surface area (TPSA) is 45.2 Å². The summed E-state index contributed by atoms with van der Waals surface area (Å²) in [5.41, 5.74) is 1.15. The number of hydrogen-bond donors (Lipinski definition) is 2. The smallest absolute Gasteiger partial charge is 0.0900 e. The molecule has 0 aromatic carbocycles. The highest BCUT2D eigenvalue weighted by atomic mass is 32.1. The van der Waals surface area contributed by atoms with E-state index >= 15 is 0 Å². The van der Waals surface area contributed by atoms with Crippen LogP contribution in [0.3, 0.4) is 0 Å². The van der Waals surface area contributed by atoms with Gasteiger partial charge in [-0.1, -0.05) is 0 Å². The van der Waals surface area contributed by atoms with Gasteiger partial charge in [0, 0.05) is 17.5 Å². The molecule has 3 nitrogen and oxygen atoms in total. The van der Waals surface area contributed by atoms with Gasteiger partial charge in [-0.25, -0.2) is 4.98 Å². The maximum Gasteiger partial charge on any atom is 0.0900 e. The Morgan fingerprint density at radius 3 is 2.62 bits per heavy atom. The van der Waals surface area contributed by atoms with Crippen LogP contribution in [0.5, 0.6) is 0 Å². The Kier molecular flexibility index (Phi) is 5.95. The van der Waals surface area contributed by atoms with Crippen molar-refractivity contribution in [3.63, 3.8) is 0 Å².